The summed E-state index contributed by atoms with van der Waals surface area (Å²) in [4.78, 5) is 24.1. The van der Waals surface area contributed by atoms with Crippen molar-refractivity contribution in [3.8, 4) is 0 Å². The minimum atomic E-state index is -3.81. The number of carbonyl (C=O) groups excluding carboxylic acids is 1. The number of hydrogen-bond acceptors (Lipinski definition) is 6. The fourth-order valence-electron chi connectivity index (χ4n) is 3.85. The van der Waals surface area contributed by atoms with Gasteiger partial charge in [0.25, 0.3) is 5.69 Å². The molecule has 2 atom stereocenters. The fraction of sp³-hybridized carbons (Fsp3) is 0.588. The number of piperidine rings is 1. The molecule has 0 aromatic heterocycles. The van der Waals surface area contributed by atoms with Gasteiger partial charge in [-0.15, -0.1) is 12.4 Å². The van der Waals surface area contributed by atoms with Crippen LogP contribution in [-0.4, -0.2) is 55.9 Å². The van der Waals surface area contributed by atoms with Crippen LogP contribution in [0.4, 0.5) is 5.69 Å². The Morgan fingerprint density at radius 3 is 2.36 bits per heavy atom. The van der Waals surface area contributed by atoms with Crippen molar-refractivity contribution in [2.75, 3.05) is 13.6 Å². The van der Waals surface area contributed by atoms with Crippen molar-refractivity contribution < 1.29 is 18.1 Å². The molecular weight excluding hydrogens is 408 g/mol. The highest BCUT2D eigenvalue weighted by molar-refractivity contribution is 7.89. The average Bonchev–Trinajstić information content (AvgIpc) is 2.98. The lowest BCUT2D eigenvalue weighted by molar-refractivity contribution is -0.384. The lowest BCUT2D eigenvalue weighted by Crippen LogP contribution is -2.49. The van der Waals surface area contributed by atoms with E-state index in [4.69, 9.17) is 0 Å². The number of amides is 1. The van der Waals surface area contributed by atoms with E-state index < -0.39 is 14.9 Å². The smallest absolute Gasteiger partial charge is 0.269 e. The number of nitro groups is 1. The Morgan fingerprint density at radius 1 is 1.25 bits per heavy atom. The molecule has 2 saturated heterocycles. The summed E-state index contributed by atoms with van der Waals surface area (Å²) < 4.78 is 26.9. The molecule has 9 nitrogen and oxygen atoms in total. The third-order valence-corrected chi connectivity index (χ3v) is 6.86. The van der Waals surface area contributed by atoms with Gasteiger partial charge in [0, 0.05) is 50.3 Å². The van der Waals surface area contributed by atoms with E-state index >= 15 is 0 Å². The topological polar surface area (TPSA) is 122 Å². The Morgan fingerprint density at radius 2 is 1.82 bits per heavy atom. The summed E-state index contributed by atoms with van der Waals surface area (Å²) in [5.74, 6) is -0.0901. The molecule has 0 aliphatic carbocycles. The van der Waals surface area contributed by atoms with Crippen LogP contribution in [0, 0.1) is 10.1 Å². The molecule has 11 heteroatoms. The van der Waals surface area contributed by atoms with Crippen molar-refractivity contribution in [1.82, 2.24) is 14.9 Å². The molecule has 0 saturated carbocycles. The second-order valence-corrected chi connectivity index (χ2v) is 8.93. The maximum atomic E-state index is 12.4. The molecule has 156 valence electrons. The first-order chi connectivity index (χ1) is 12.8. The average molecular weight is 433 g/mol. The van der Waals surface area contributed by atoms with Crippen molar-refractivity contribution in [3.05, 3.63) is 34.4 Å². The van der Waals surface area contributed by atoms with Crippen LogP contribution < -0.4 is 10.0 Å². The first kappa shape index (κ1) is 22.5. The number of non-ortho nitro benzene ring substituents is 1. The molecule has 2 heterocycles. The molecule has 0 spiro atoms. The van der Waals surface area contributed by atoms with Crippen LogP contribution in [0.15, 0.2) is 29.2 Å². The zero-order valence-electron chi connectivity index (χ0n) is 15.5. The van der Waals surface area contributed by atoms with E-state index in [0.717, 1.165) is 37.8 Å². The normalized spacial score (nSPS) is 23.7. The van der Waals surface area contributed by atoms with E-state index in [1.54, 1.807) is 11.9 Å². The summed E-state index contributed by atoms with van der Waals surface area (Å²) in [6.45, 7) is -0.0136. The molecule has 0 radical (unpaired) electrons. The zero-order chi connectivity index (χ0) is 19.6. The Hall–Kier alpha value is -1.75. The number of sulfonamides is 1. The van der Waals surface area contributed by atoms with E-state index in [0.29, 0.717) is 12.1 Å². The number of hydrogen-bond donors (Lipinski definition) is 2. The highest BCUT2D eigenvalue weighted by Crippen LogP contribution is 2.29. The van der Waals surface area contributed by atoms with Crippen LogP contribution >= 0.6 is 12.4 Å². The highest BCUT2D eigenvalue weighted by Gasteiger charge is 2.36. The van der Waals surface area contributed by atoms with Gasteiger partial charge in [0.1, 0.15) is 0 Å². The van der Waals surface area contributed by atoms with Gasteiger partial charge in [0.15, 0.2) is 0 Å². The van der Waals surface area contributed by atoms with Gasteiger partial charge in [-0.2, -0.15) is 0 Å². The Balaban J connectivity index is 0.00000280. The first-order valence-corrected chi connectivity index (χ1v) is 10.5. The highest BCUT2D eigenvalue weighted by atomic mass is 35.5. The lowest BCUT2D eigenvalue weighted by Gasteiger charge is -2.35. The van der Waals surface area contributed by atoms with Gasteiger partial charge in [-0.3, -0.25) is 14.9 Å². The number of carbonyl (C=O) groups is 1. The third-order valence-electron chi connectivity index (χ3n) is 5.38. The molecule has 1 amide bonds. The summed E-state index contributed by atoms with van der Waals surface area (Å²) >= 11 is 0. The second-order valence-electron chi connectivity index (χ2n) is 7.17. The number of nitro benzene ring substituents is 1. The fourth-order valence-corrected chi connectivity index (χ4v) is 4.88. The molecule has 2 aliphatic rings. The first-order valence-electron chi connectivity index (χ1n) is 9.02. The van der Waals surface area contributed by atoms with Crippen LogP contribution in [-0.2, 0) is 14.8 Å². The Kier molecular flexibility index (Phi) is 7.38. The molecule has 2 aliphatic heterocycles. The van der Waals surface area contributed by atoms with Crippen molar-refractivity contribution >= 4 is 34.0 Å². The van der Waals surface area contributed by atoms with E-state index in [9.17, 15) is 23.3 Å². The number of benzene rings is 1. The van der Waals surface area contributed by atoms with Gasteiger partial charge in [-0.25, -0.2) is 13.1 Å². The number of halogens is 1. The molecule has 2 N–H and O–H groups in total. The van der Waals surface area contributed by atoms with Crippen LogP contribution in [0.5, 0.6) is 0 Å². The molecule has 2 unspecified atom stereocenters. The third kappa shape index (κ3) is 5.19. The van der Waals surface area contributed by atoms with Crippen molar-refractivity contribution in [1.29, 1.82) is 0 Å². The number of rotatable bonds is 7. The van der Waals surface area contributed by atoms with Crippen LogP contribution in [0.1, 0.15) is 32.1 Å². The SMILES string of the molecule is CN(C(=O)CCNS(=O)(=O)c1ccc([N+](=O)[O-])cc1)C1CC2CCC(C1)N2.Cl. The summed E-state index contributed by atoms with van der Waals surface area (Å²) in [6, 6.07) is 5.78. The maximum absolute atomic E-state index is 12.4. The molecule has 1 aromatic rings. The standard InChI is InChI=1S/C17H24N4O5S.ClH/c1-20(15-10-12-2-3-13(11-15)19-12)17(22)8-9-18-27(25,26)16-6-4-14(5-7-16)21(23)24;/h4-7,12-13,15,18-19H,2-3,8-11H2,1H3;1H. The largest absolute Gasteiger partial charge is 0.343 e. The molecular formula is C17H25ClN4O5S. The quantitative estimate of drug-likeness (QED) is 0.496. The second kappa shape index (κ2) is 9.17. The predicted molar refractivity (Wildman–Crippen MR) is 106 cm³/mol. The monoisotopic (exact) mass is 432 g/mol. The Bertz CT molecular complexity index is 805. The van der Waals surface area contributed by atoms with Gasteiger partial charge in [-0.1, -0.05) is 0 Å². The summed E-state index contributed by atoms with van der Waals surface area (Å²) in [5, 5.41) is 14.2. The maximum Gasteiger partial charge on any atom is 0.269 e. The number of fused-ring (bicyclic) bond motifs is 2. The van der Waals surface area contributed by atoms with Gasteiger partial charge in [-0.05, 0) is 37.8 Å². The molecule has 28 heavy (non-hydrogen) atoms. The minimum Gasteiger partial charge on any atom is -0.343 e. The van der Waals surface area contributed by atoms with Gasteiger partial charge < -0.3 is 10.2 Å². The summed E-state index contributed by atoms with van der Waals surface area (Å²) in [5.41, 5.74) is -0.179. The summed E-state index contributed by atoms with van der Waals surface area (Å²) in [6.07, 6.45) is 4.25. The number of nitrogens with zero attached hydrogens (tertiary/aromatic N) is 2. The van der Waals surface area contributed by atoms with Crippen LogP contribution in [0.3, 0.4) is 0 Å². The van der Waals surface area contributed by atoms with Gasteiger partial charge >= 0.3 is 0 Å². The van der Waals surface area contributed by atoms with Crippen molar-refractivity contribution in [2.45, 2.75) is 55.1 Å². The van der Waals surface area contributed by atoms with Crippen LogP contribution in [0.2, 0.25) is 0 Å². The van der Waals surface area contributed by atoms with Crippen molar-refractivity contribution in [3.63, 3.8) is 0 Å². The van der Waals surface area contributed by atoms with E-state index in [1.165, 1.54) is 12.1 Å². The van der Waals surface area contributed by atoms with E-state index in [-0.39, 0.29) is 47.9 Å². The molecule has 1 aromatic carbocycles. The Labute approximate surface area is 170 Å². The van der Waals surface area contributed by atoms with Gasteiger partial charge in [0.2, 0.25) is 15.9 Å². The van der Waals surface area contributed by atoms with Crippen molar-refractivity contribution in [2.24, 2.45) is 0 Å². The number of nitrogens with one attached hydrogen (secondary N) is 2. The van der Waals surface area contributed by atoms with Crippen LogP contribution in [0.25, 0.3) is 0 Å². The van der Waals surface area contributed by atoms with E-state index in [1.807, 2.05) is 0 Å². The molecule has 3 rings (SSSR count). The summed E-state index contributed by atoms with van der Waals surface area (Å²) in [7, 11) is -2.03. The van der Waals surface area contributed by atoms with Gasteiger partial charge in [0.05, 0.1) is 9.82 Å². The minimum absolute atomic E-state index is 0. The zero-order valence-corrected chi connectivity index (χ0v) is 17.2. The van der Waals surface area contributed by atoms with E-state index in [2.05, 4.69) is 10.0 Å². The molecule has 2 bridgehead atoms. The lowest BCUT2D eigenvalue weighted by atomic mass is 9.98. The molecule has 2 fully saturated rings. The predicted octanol–water partition coefficient (Wildman–Crippen LogP) is 1.43.